The molecule has 1 aliphatic carbocycles. The molecule has 2 aromatic heterocycles. The van der Waals surface area contributed by atoms with Crippen molar-refractivity contribution in [1.29, 1.82) is 0 Å². The van der Waals surface area contributed by atoms with Gasteiger partial charge in [-0.05, 0) is 46.1 Å². The third-order valence-electron chi connectivity index (χ3n) is 5.80. The Hall–Kier alpha value is -2.91. The van der Waals surface area contributed by atoms with Crippen LogP contribution in [0.2, 0.25) is 5.02 Å². The van der Waals surface area contributed by atoms with Gasteiger partial charge in [0.25, 0.3) is 5.91 Å². The van der Waals surface area contributed by atoms with Crippen molar-refractivity contribution >= 4 is 28.8 Å². The number of anilines is 1. The number of aromatic nitrogens is 3. The summed E-state index contributed by atoms with van der Waals surface area (Å²) in [5, 5.41) is 12.7. The quantitative estimate of drug-likeness (QED) is 0.503. The molecule has 2 heterocycles. The molecule has 4 N–H and O–H groups in total. The van der Waals surface area contributed by atoms with Gasteiger partial charge in [0.1, 0.15) is 28.5 Å². The summed E-state index contributed by atoms with van der Waals surface area (Å²) in [6, 6.07) is 1.01. The SMILES string of the molecule is Cc1nc(Cc2cc(Cl)c(F)c(C(=O)N[C@@H]3CCC[C@@H]3O)c2OC(C)C)n2ccnc(N)c12. The standard InChI is InChI=1S/C23H27ClFN5O3/c1-11(2)33-21-13(10-17-28-12(3)20-22(26)27-7-8-30(17)20)9-14(24)19(25)18(21)23(32)29-15-5-4-6-16(15)31/h7-9,11,15-16,31H,4-6,10H2,1-3H3,(H2,26,27)(H,29,32)/t15-,16+/m1/s1. The zero-order valence-electron chi connectivity index (χ0n) is 18.7. The van der Waals surface area contributed by atoms with Crippen molar-refractivity contribution < 1.29 is 19.0 Å². The molecule has 0 spiro atoms. The van der Waals surface area contributed by atoms with E-state index in [9.17, 15) is 9.90 Å². The lowest BCUT2D eigenvalue weighted by Gasteiger charge is -2.22. The van der Waals surface area contributed by atoms with Gasteiger partial charge in [0.2, 0.25) is 0 Å². The maximum absolute atomic E-state index is 15.2. The second-order valence-electron chi connectivity index (χ2n) is 8.60. The third-order valence-corrected chi connectivity index (χ3v) is 6.08. The summed E-state index contributed by atoms with van der Waals surface area (Å²) in [7, 11) is 0. The maximum Gasteiger partial charge on any atom is 0.258 e. The van der Waals surface area contributed by atoms with E-state index in [0.717, 1.165) is 6.42 Å². The largest absolute Gasteiger partial charge is 0.490 e. The van der Waals surface area contributed by atoms with E-state index in [2.05, 4.69) is 15.3 Å². The number of benzene rings is 1. The van der Waals surface area contributed by atoms with E-state index < -0.39 is 23.9 Å². The number of halogens is 2. The molecule has 1 aromatic carbocycles. The van der Waals surface area contributed by atoms with Crippen LogP contribution >= 0.6 is 11.6 Å². The first-order chi connectivity index (χ1) is 15.7. The number of amides is 1. The Labute approximate surface area is 195 Å². The molecule has 0 unspecified atom stereocenters. The number of aryl methyl sites for hydroxylation is 1. The van der Waals surface area contributed by atoms with Gasteiger partial charge in [-0.1, -0.05) is 11.6 Å². The van der Waals surface area contributed by atoms with Crippen molar-refractivity contribution in [2.24, 2.45) is 0 Å². The van der Waals surface area contributed by atoms with E-state index in [0.29, 0.717) is 41.3 Å². The molecule has 8 nitrogen and oxygen atoms in total. The normalized spacial score (nSPS) is 18.3. The lowest BCUT2D eigenvalue weighted by Crippen LogP contribution is -2.40. The molecule has 0 aliphatic heterocycles. The average molecular weight is 476 g/mol. The minimum atomic E-state index is -0.862. The van der Waals surface area contributed by atoms with Crippen LogP contribution in [0.3, 0.4) is 0 Å². The zero-order chi connectivity index (χ0) is 23.9. The van der Waals surface area contributed by atoms with Gasteiger partial charge in [-0.2, -0.15) is 0 Å². The lowest BCUT2D eigenvalue weighted by molar-refractivity contribution is 0.0863. The molecule has 10 heteroatoms. The second kappa shape index (κ2) is 9.15. The number of nitrogen functional groups attached to an aromatic ring is 1. The molecule has 176 valence electrons. The van der Waals surface area contributed by atoms with E-state index >= 15 is 4.39 Å². The van der Waals surface area contributed by atoms with Crippen LogP contribution in [0.5, 0.6) is 5.75 Å². The van der Waals surface area contributed by atoms with Crippen LogP contribution in [-0.2, 0) is 6.42 Å². The van der Waals surface area contributed by atoms with Gasteiger partial charge in [-0.3, -0.25) is 9.20 Å². The van der Waals surface area contributed by atoms with Gasteiger partial charge in [-0.15, -0.1) is 0 Å². The fourth-order valence-corrected chi connectivity index (χ4v) is 4.55. The highest BCUT2D eigenvalue weighted by atomic mass is 35.5. The van der Waals surface area contributed by atoms with Gasteiger partial charge in [-0.25, -0.2) is 14.4 Å². The fraction of sp³-hybridized carbons (Fsp3) is 0.435. The number of ether oxygens (including phenoxy) is 1. The Kier molecular flexibility index (Phi) is 6.45. The van der Waals surface area contributed by atoms with E-state index in [1.807, 2.05) is 11.3 Å². The molecule has 1 saturated carbocycles. The van der Waals surface area contributed by atoms with E-state index in [-0.39, 0.29) is 28.9 Å². The highest BCUT2D eigenvalue weighted by molar-refractivity contribution is 6.31. The van der Waals surface area contributed by atoms with E-state index in [1.165, 1.54) is 6.07 Å². The Morgan fingerprint density at radius 1 is 1.45 bits per heavy atom. The number of carbonyl (C=O) groups is 1. The molecule has 0 radical (unpaired) electrons. The second-order valence-corrected chi connectivity index (χ2v) is 9.01. The number of carbonyl (C=O) groups excluding carboxylic acids is 1. The molecule has 33 heavy (non-hydrogen) atoms. The van der Waals surface area contributed by atoms with Gasteiger partial charge in [0, 0.05) is 24.4 Å². The van der Waals surface area contributed by atoms with Crippen LogP contribution in [-0.4, -0.2) is 43.6 Å². The number of nitrogens with one attached hydrogen (secondary N) is 1. The van der Waals surface area contributed by atoms with E-state index in [1.54, 1.807) is 26.2 Å². The predicted octanol–water partition coefficient (Wildman–Crippen LogP) is 3.43. The molecule has 0 saturated heterocycles. The Balaban J connectivity index is 1.80. The van der Waals surface area contributed by atoms with Crippen molar-refractivity contribution in [1.82, 2.24) is 19.7 Å². The van der Waals surface area contributed by atoms with Crippen LogP contribution in [0.1, 0.15) is 60.5 Å². The molecule has 0 bridgehead atoms. The Morgan fingerprint density at radius 2 is 2.21 bits per heavy atom. The van der Waals surface area contributed by atoms with Crippen molar-refractivity contribution in [3.8, 4) is 5.75 Å². The number of nitrogens with two attached hydrogens (primary N) is 1. The number of rotatable bonds is 6. The summed E-state index contributed by atoms with van der Waals surface area (Å²) in [6.45, 7) is 5.41. The number of aliphatic hydroxyl groups is 1. The third kappa shape index (κ3) is 4.47. The number of hydrogen-bond donors (Lipinski definition) is 3. The first kappa shape index (κ1) is 23.3. The summed E-state index contributed by atoms with van der Waals surface area (Å²) < 4.78 is 22.9. The van der Waals surface area contributed by atoms with E-state index in [4.69, 9.17) is 22.1 Å². The van der Waals surface area contributed by atoms with Gasteiger partial charge in [0.05, 0.1) is 29.0 Å². The number of hydrogen-bond acceptors (Lipinski definition) is 6. The van der Waals surface area contributed by atoms with Crippen LogP contribution in [0.4, 0.5) is 10.2 Å². The maximum atomic E-state index is 15.2. The molecule has 2 atom stereocenters. The van der Waals surface area contributed by atoms with Crippen molar-refractivity contribution in [2.45, 2.75) is 64.7 Å². The van der Waals surface area contributed by atoms with Crippen molar-refractivity contribution in [3.63, 3.8) is 0 Å². The topological polar surface area (TPSA) is 115 Å². The van der Waals surface area contributed by atoms with Crippen LogP contribution in [0, 0.1) is 12.7 Å². The molecule has 4 rings (SSSR count). The van der Waals surface area contributed by atoms with Crippen LogP contribution in [0.25, 0.3) is 5.52 Å². The fourth-order valence-electron chi connectivity index (χ4n) is 4.32. The molecular formula is C23H27ClFN5O3. The number of fused-ring (bicyclic) bond motifs is 1. The smallest absolute Gasteiger partial charge is 0.258 e. The molecule has 1 amide bonds. The lowest BCUT2D eigenvalue weighted by atomic mass is 10.0. The van der Waals surface area contributed by atoms with Crippen molar-refractivity contribution in [3.05, 3.63) is 51.9 Å². The Bertz CT molecular complexity index is 1210. The number of nitrogens with zero attached hydrogens (tertiary/aromatic N) is 3. The number of imidazole rings is 1. The van der Waals surface area contributed by atoms with Crippen molar-refractivity contribution in [2.75, 3.05) is 5.73 Å². The average Bonchev–Trinajstić information content (AvgIpc) is 3.29. The minimum absolute atomic E-state index is 0.105. The first-order valence-electron chi connectivity index (χ1n) is 10.9. The summed E-state index contributed by atoms with van der Waals surface area (Å²) in [4.78, 5) is 21.9. The van der Waals surface area contributed by atoms with Gasteiger partial charge in [0.15, 0.2) is 5.82 Å². The molecule has 1 fully saturated rings. The summed E-state index contributed by atoms with van der Waals surface area (Å²) >= 11 is 6.21. The number of aliphatic hydroxyl groups excluding tert-OH is 1. The first-order valence-corrected chi connectivity index (χ1v) is 11.3. The predicted molar refractivity (Wildman–Crippen MR) is 123 cm³/mol. The summed E-state index contributed by atoms with van der Waals surface area (Å²) in [5.41, 5.74) is 7.63. The zero-order valence-corrected chi connectivity index (χ0v) is 19.5. The Morgan fingerprint density at radius 3 is 2.88 bits per heavy atom. The van der Waals surface area contributed by atoms with Crippen LogP contribution < -0.4 is 15.8 Å². The van der Waals surface area contributed by atoms with Gasteiger partial charge < -0.3 is 20.9 Å². The van der Waals surface area contributed by atoms with Crippen LogP contribution in [0.15, 0.2) is 18.5 Å². The molecule has 3 aromatic rings. The minimum Gasteiger partial charge on any atom is -0.490 e. The monoisotopic (exact) mass is 475 g/mol. The molecule has 1 aliphatic rings. The highest BCUT2D eigenvalue weighted by Gasteiger charge is 2.31. The summed E-state index contributed by atoms with van der Waals surface area (Å²) in [6.07, 6.45) is 4.54. The van der Waals surface area contributed by atoms with Gasteiger partial charge >= 0.3 is 0 Å². The summed E-state index contributed by atoms with van der Waals surface area (Å²) in [5.74, 6) is -0.465. The highest BCUT2D eigenvalue weighted by Crippen LogP contribution is 2.35. The molecular weight excluding hydrogens is 449 g/mol.